The maximum atomic E-state index is 12.1. The third-order valence-corrected chi connectivity index (χ3v) is 4.83. The van der Waals surface area contributed by atoms with Crippen molar-refractivity contribution < 1.29 is 14.5 Å². The van der Waals surface area contributed by atoms with E-state index in [1.807, 2.05) is 12.1 Å². The van der Waals surface area contributed by atoms with Crippen LogP contribution in [0.4, 0.5) is 5.69 Å². The smallest absolute Gasteiger partial charge is 0.271 e. The molecule has 3 aromatic carbocycles. The Balaban J connectivity index is 1.64. The molecule has 0 radical (unpaired) electrons. The summed E-state index contributed by atoms with van der Waals surface area (Å²) in [7, 11) is 0. The van der Waals surface area contributed by atoms with Crippen molar-refractivity contribution >= 4 is 52.6 Å². The number of ether oxygens (including phenoxy) is 1. The normalized spacial score (nSPS) is 10.8. The zero-order chi connectivity index (χ0) is 22.4. The number of amides is 1. The molecule has 3 aromatic rings. The van der Waals surface area contributed by atoms with Crippen LogP contribution in [0.1, 0.15) is 21.5 Å². The van der Waals surface area contributed by atoms with Gasteiger partial charge in [0, 0.05) is 22.7 Å². The van der Waals surface area contributed by atoms with Gasteiger partial charge in [0.25, 0.3) is 11.6 Å². The third-order valence-electron chi connectivity index (χ3n) is 4.02. The standard InChI is InChI=1S/C21H14Cl3N3O4/c22-16-6-4-13(5-7-16)12-31-20-18(23)8-14(9-19(20)24)11-25-26-21(28)15-2-1-3-17(10-15)27(29)30/h1-11H,12H2,(H,26,28)/b25-11-. The van der Waals surface area contributed by atoms with E-state index in [9.17, 15) is 14.9 Å². The molecule has 10 heteroatoms. The molecule has 0 aromatic heterocycles. The summed E-state index contributed by atoms with van der Waals surface area (Å²) in [6, 6.07) is 15.6. The van der Waals surface area contributed by atoms with E-state index in [0.29, 0.717) is 16.3 Å². The molecule has 3 rings (SSSR count). The zero-order valence-electron chi connectivity index (χ0n) is 15.7. The topological polar surface area (TPSA) is 93.8 Å². The summed E-state index contributed by atoms with van der Waals surface area (Å²) in [5.41, 5.74) is 3.63. The van der Waals surface area contributed by atoms with Crippen LogP contribution in [0.2, 0.25) is 15.1 Å². The third kappa shape index (κ3) is 6.18. The average Bonchev–Trinajstić information content (AvgIpc) is 2.74. The van der Waals surface area contributed by atoms with E-state index in [2.05, 4.69) is 10.5 Å². The van der Waals surface area contributed by atoms with Crippen molar-refractivity contribution in [1.29, 1.82) is 0 Å². The number of rotatable bonds is 7. The summed E-state index contributed by atoms with van der Waals surface area (Å²) in [6.07, 6.45) is 1.34. The fourth-order valence-electron chi connectivity index (χ4n) is 2.52. The van der Waals surface area contributed by atoms with Crippen LogP contribution in [-0.2, 0) is 6.61 Å². The number of hydrogen-bond acceptors (Lipinski definition) is 5. The first-order valence-electron chi connectivity index (χ1n) is 8.77. The Hall–Kier alpha value is -3.13. The first-order valence-corrected chi connectivity index (χ1v) is 9.91. The number of non-ortho nitro benzene ring substituents is 1. The predicted octanol–water partition coefficient (Wildman–Crippen LogP) is 5.90. The highest BCUT2D eigenvalue weighted by Crippen LogP contribution is 2.34. The largest absolute Gasteiger partial charge is 0.486 e. The highest BCUT2D eigenvalue weighted by atomic mass is 35.5. The molecule has 0 heterocycles. The van der Waals surface area contributed by atoms with E-state index >= 15 is 0 Å². The Morgan fingerprint density at radius 3 is 2.39 bits per heavy atom. The number of nitro groups is 1. The van der Waals surface area contributed by atoms with Gasteiger partial charge in [0.05, 0.1) is 21.2 Å². The molecule has 1 N–H and O–H groups in total. The van der Waals surface area contributed by atoms with Crippen LogP contribution in [0.25, 0.3) is 0 Å². The van der Waals surface area contributed by atoms with Crippen LogP contribution in [0.5, 0.6) is 5.75 Å². The number of nitro benzene ring substituents is 1. The second-order valence-corrected chi connectivity index (χ2v) is 7.49. The number of carbonyl (C=O) groups is 1. The van der Waals surface area contributed by atoms with Gasteiger partial charge in [-0.3, -0.25) is 14.9 Å². The van der Waals surface area contributed by atoms with Gasteiger partial charge in [-0.1, -0.05) is 53.0 Å². The minimum atomic E-state index is -0.597. The lowest BCUT2D eigenvalue weighted by Gasteiger charge is -2.11. The van der Waals surface area contributed by atoms with Crippen molar-refractivity contribution in [2.45, 2.75) is 6.61 Å². The minimum absolute atomic E-state index is 0.105. The Bertz CT molecular complexity index is 1130. The molecule has 0 atom stereocenters. The van der Waals surface area contributed by atoms with Crippen LogP contribution in [0.15, 0.2) is 65.8 Å². The maximum Gasteiger partial charge on any atom is 0.271 e. The highest BCUT2D eigenvalue weighted by molar-refractivity contribution is 6.37. The number of nitrogens with one attached hydrogen (secondary N) is 1. The van der Waals surface area contributed by atoms with Crippen molar-refractivity contribution in [3.8, 4) is 5.75 Å². The maximum absolute atomic E-state index is 12.1. The van der Waals surface area contributed by atoms with Gasteiger partial charge in [0.15, 0.2) is 5.75 Å². The molecular formula is C21H14Cl3N3O4. The van der Waals surface area contributed by atoms with Gasteiger partial charge in [-0.25, -0.2) is 5.43 Å². The Kier molecular flexibility index (Phi) is 7.46. The van der Waals surface area contributed by atoms with Gasteiger partial charge in [-0.15, -0.1) is 0 Å². The fourth-order valence-corrected chi connectivity index (χ4v) is 3.26. The van der Waals surface area contributed by atoms with Gasteiger partial charge in [0.1, 0.15) is 6.61 Å². The summed E-state index contributed by atoms with van der Waals surface area (Å²) in [5.74, 6) is -0.281. The highest BCUT2D eigenvalue weighted by Gasteiger charge is 2.12. The van der Waals surface area contributed by atoms with Crippen LogP contribution >= 0.6 is 34.8 Å². The quantitative estimate of drug-likeness (QED) is 0.260. The van der Waals surface area contributed by atoms with E-state index in [1.165, 1.54) is 24.4 Å². The Labute approximate surface area is 192 Å². The molecule has 31 heavy (non-hydrogen) atoms. The van der Waals surface area contributed by atoms with Gasteiger partial charge in [0.2, 0.25) is 0 Å². The summed E-state index contributed by atoms with van der Waals surface area (Å²) in [4.78, 5) is 22.3. The molecule has 0 saturated carbocycles. The fraction of sp³-hybridized carbons (Fsp3) is 0.0476. The van der Waals surface area contributed by atoms with Gasteiger partial charge in [-0.2, -0.15) is 5.10 Å². The molecule has 0 aliphatic carbocycles. The second-order valence-electron chi connectivity index (χ2n) is 6.24. The second kappa shape index (κ2) is 10.3. The molecule has 0 saturated heterocycles. The Morgan fingerprint density at radius 1 is 1.06 bits per heavy atom. The number of hydrogen-bond donors (Lipinski definition) is 1. The molecule has 7 nitrogen and oxygen atoms in total. The van der Waals surface area contributed by atoms with Gasteiger partial charge in [-0.05, 0) is 41.5 Å². The summed E-state index contributed by atoms with van der Waals surface area (Å²) < 4.78 is 5.70. The van der Waals surface area contributed by atoms with Crippen molar-refractivity contribution in [2.75, 3.05) is 0 Å². The van der Waals surface area contributed by atoms with Crippen molar-refractivity contribution in [2.24, 2.45) is 5.10 Å². The summed E-state index contributed by atoms with van der Waals surface area (Å²) in [6.45, 7) is 0.253. The van der Waals surface area contributed by atoms with Crippen molar-refractivity contribution in [3.63, 3.8) is 0 Å². The lowest BCUT2D eigenvalue weighted by atomic mass is 10.2. The molecule has 0 bridgehead atoms. The number of benzene rings is 3. The Morgan fingerprint density at radius 2 is 1.74 bits per heavy atom. The van der Waals surface area contributed by atoms with E-state index in [-0.39, 0.29) is 27.9 Å². The van der Waals surface area contributed by atoms with Crippen LogP contribution < -0.4 is 10.2 Å². The predicted molar refractivity (Wildman–Crippen MR) is 120 cm³/mol. The summed E-state index contributed by atoms with van der Waals surface area (Å²) >= 11 is 18.4. The van der Waals surface area contributed by atoms with Gasteiger partial charge >= 0.3 is 0 Å². The van der Waals surface area contributed by atoms with Gasteiger partial charge < -0.3 is 4.74 Å². The first-order chi connectivity index (χ1) is 14.8. The molecule has 158 valence electrons. The molecule has 0 spiro atoms. The molecular weight excluding hydrogens is 465 g/mol. The van der Waals surface area contributed by atoms with Crippen LogP contribution in [0, 0.1) is 10.1 Å². The van der Waals surface area contributed by atoms with E-state index < -0.39 is 10.8 Å². The van der Waals surface area contributed by atoms with Crippen LogP contribution in [0.3, 0.4) is 0 Å². The molecule has 0 aliphatic heterocycles. The van der Waals surface area contributed by atoms with Crippen molar-refractivity contribution in [3.05, 3.63) is 103 Å². The number of carbonyl (C=O) groups excluding carboxylic acids is 1. The lowest BCUT2D eigenvalue weighted by Crippen LogP contribution is -2.17. The first kappa shape index (κ1) is 22.6. The lowest BCUT2D eigenvalue weighted by molar-refractivity contribution is -0.384. The van der Waals surface area contributed by atoms with E-state index in [1.54, 1.807) is 24.3 Å². The average molecular weight is 479 g/mol. The number of nitrogens with zero attached hydrogens (tertiary/aromatic N) is 2. The monoisotopic (exact) mass is 477 g/mol. The van der Waals surface area contributed by atoms with Crippen LogP contribution in [-0.4, -0.2) is 17.0 Å². The van der Waals surface area contributed by atoms with E-state index in [4.69, 9.17) is 39.5 Å². The minimum Gasteiger partial charge on any atom is -0.486 e. The molecule has 0 unspecified atom stereocenters. The zero-order valence-corrected chi connectivity index (χ0v) is 18.0. The molecule has 1 amide bonds. The molecule has 0 fully saturated rings. The summed E-state index contributed by atoms with van der Waals surface area (Å²) in [5, 5.41) is 15.8. The van der Waals surface area contributed by atoms with Crippen molar-refractivity contribution in [1.82, 2.24) is 5.43 Å². The number of hydrazone groups is 1. The van der Waals surface area contributed by atoms with E-state index in [0.717, 1.165) is 11.6 Å². The number of halogens is 3. The molecule has 0 aliphatic rings. The SMILES string of the molecule is O=C(N/N=C\c1cc(Cl)c(OCc2ccc(Cl)cc2)c(Cl)c1)c1cccc([N+](=O)[O-])c1.